The second-order valence-electron chi connectivity index (χ2n) is 5.86. The number of benzene rings is 2. The lowest BCUT2D eigenvalue weighted by molar-refractivity contribution is 0.524. The van der Waals surface area contributed by atoms with Crippen molar-refractivity contribution in [2.45, 2.75) is 33.1 Å². The molecule has 0 bridgehead atoms. The third-order valence-corrected chi connectivity index (χ3v) is 3.51. The molecule has 20 heavy (non-hydrogen) atoms. The molecule has 0 aromatic heterocycles. The van der Waals surface area contributed by atoms with E-state index in [0.717, 1.165) is 11.4 Å². The number of hydrogen-bond acceptors (Lipinski definition) is 2. The molecule has 0 spiro atoms. The van der Waals surface area contributed by atoms with E-state index < -0.39 is 0 Å². The lowest BCUT2D eigenvalue weighted by atomic mass is 9.91. The van der Waals surface area contributed by atoms with Crippen molar-refractivity contribution in [1.29, 1.82) is 0 Å². The Morgan fingerprint density at radius 1 is 0.950 bits per heavy atom. The van der Waals surface area contributed by atoms with Crippen LogP contribution < -0.4 is 11.1 Å². The molecule has 2 rings (SSSR count). The zero-order chi connectivity index (χ0) is 14.5. The van der Waals surface area contributed by atoms with Crippen LogP contribution in [0, 0.1) is 5.92 Å². The maximum Gasteiger partial charge on any atom is 0.0419 e. The summed E-state index contributed by atoms with van der Waals surface area (Å²) in [6.45, 7) is 6.84. The van der Waals surface area contributed by atoms with E-state index in [2.05, 4.69) is 50.4 Å². The number of nitrogens with one attached hydrogen (secondary N) is 1. The van der Waals surface area contributed by atoms with Crippen LogP contribution in [0.5, 0.6) is 0 Å². The van der Waals surface area contributed by atoms with Crippen LogP contribution in [-0.2, 0) is 0 Å². The van der Waals surface area contributed by atoms with E-state index in [-0.39, 0.29) is 0 Å². The first-order chi connectivity index (χ1) is 9.56. The largest absolute Gasteiger partial charge is 0.399 e. The topological polar surface area (TPSA) is 38.0 Å². The zero-order valence-corrected chi connectivity index (χ0v) is 12.6. The lowest BCUT2D eigenvalue weighted by Crippen LogP contribution is -2.03. The van der Waals surface area contributed by atoms with Crippen molar-refractivity contribution >= 4 is 17.1 Å². The SMILES string of the molecule is CC(C)CC(C)c1ccccc1Nc1ccc(N)cc1. The van der Waals surface area contributed by atoms with Crippen molar-refractivity contribution in [2.24, 2.45) is 5.92 Å². The number of rotatable bonds is 5. The molecule has 1 atom stereocenters. The minimum absolute atomic E-state index is 0.549. The number of anilines is 3. The molecule has 0 saturated heterocycles. The lowest BCUT2D eigenvalue weighted by Gasteiger charge is -2.19. The Balaban J connectivity index is 2.21. The van der Waals surface area contributed by atoms with E-state index in [4.69, 9.17) is 5.73 Å². The van der Waals surface area contributed by atoms with Crippen molar-refractivity contribution in [2.75, 3.05) is 11.1 Å². The molecular weight excluding hydrogens is 244 g/mol. The van der Waals surface area contributed by atoms with Gasteiger partial charge in [-0.1, -0.05) is 39.0 Å². The Morgan fingerprint density at radius 3 is 2.25 bits per heavy atom. The molecule has 0 aliphatic heterocycles. The normalized spacial score (nSPS) is 12.4. The number of para-hydroxylation sites is 1. The third-order valence-electron chi connectivity index (χ3n) is 3.51. The van der Waals surface area contributed by atoms with Gasteiger partial charge in [-0.25, -0.2) is 0 Å². The van der Waals surface area contributed by atoms with E-state index in [1.165, 1.54) is 17.7 Å². The summed E-state index contributed by atoms with van der Waals surface area (Å²) in [4.78, 5) is 0. The minimum atomic E-state index is 0.549. The summed E-state index contributed by atoms with van der Waals surface area (Å²) in [5, 5.41) is 3.50. The summed E-state index contributed by atoms with van der Waals surface area (Å²) in [5.41, 5.74) is 10.1. The Morgan fingerprint density at radius 2 is 1.60 bits per heavy atom. The summed E-state index contributed by atoms with van der Waals surface area (Å²) in [7, 11) is 0. The van der Waals surface area contributed by atoms with Gasteiger partial charge in [0.1, 0.15) is 0 Å². The van der Waals surface area contributed by atoms with Crippen LogP contribution in [0.1, 0.15) is 38.7 Å². The fourth-order valence-electron chi connectivity index (χ4n) is 2.60. The van der Waals surface area contributed by atoms with E-state index in [0.29, 0.717) is 11.8 Å². The minimum Gasteiger partial charge on any atom is -0.399 e. The van der Waals surface area contributed by atoms with Crippen LogP contribution in [0.2, 0.25) is 0 Å². The quantitative estimate of drug-likeness (QED) is 0.735. The molecule has 106 valence electrons. The Labute approximate surface area is 122 Å². The molecule has 0 amide bonds. The number of nitrogen functional groups attached to an aromatic ring is 1. The fraction of sp³-hybridized carbons (Fsp3) is 0.333. The first kappa shape index (κ1) is 14.4. The molecule has 1 unspecified atom stereocenters. The van der Waals surface area contributed by atoms with Crippen molar-refractivity contribution in [1.82, 2.24) is 0 Å². The van der Waals surface area contributed by atoms with Crippen molar-refractivity contribution in [3.8, 4) is 0 Å². The first-order valence-electron chi connectivity index (χ1n) is 7.27. The average molecular weight is 268 g/mol. The van der Waals surface area contributed by atoms with Crippen molar-refractivity contribution < 1.29 is 0 Å². The number of nitrogens with two attached hydrogens (primary N) is 1. The van der Waals surface area contributed by atoms with Gasteiger partial charge < -0.3 is 11.1 Å². The Kier molecular flexibility index (Phi) is 4.67. The molecule has 2 aromatic rings. The summed E-state index contributed by atoms with van der Waals surface area (Å²) in [6, 6.07) is 16.4. The molecule has 2 aromatic carbocycles. The Hall–Kier alpha value is -1.96. The van der Waals surface area contributed by atoms with E-state index in [1.54, 1.807) is 0 Å². The molecule has 0 radical (unpaired) electrons. The molecule has 0 aliphatic rings. The molecular formula is C18H24N2. The molecule has 0 fully saturated rings. The van der Waals surface area contributed by atoms with Gasteiger partial charge in [0.05, 0.1) is 0 Å². The van der Waals surface area contributed by atoms with Crippen molar-refractivity contribution in [3.05, 3.63) is 54.1 Å². The summed E-state index contributed by atoms with van der Waals surface area (Å²) >= 11 is 0. The predicted octanol–water partition coefficient (Wildman–Crippen LogP) is 5.16. The molecule has 3 N–H and O–H groups in total. The number of hydrogen-bond donors (Lipinski definition) is 2. The molecule has 0 saturated carbocycles. The smallest absolute Gasteiger partial charge is 0.0419 e. The van der Waals surface area contributed by atoms with Crippen LogP contribution in [0.15, 0.2) is 48.5 Å². The van der Waals surface area contributed by atoms with Gasteiger partial charge >= 0.3 is 0 Å². The highest BCUT2D eigenvalue weighted by Gasteiger charge is 2.12. The molecule has 0 heterocycles. The maximum absolute atomic E-state index is 5.73. The maximum atomic E-state index is 5.73. The highest BCUT2D eigenvalue weighted by Crippen LogP contribution is 2.31. The standard InChI is InChI=1S/C18H24N2/c1-13(2)12-14(3)17-6-4-5-7-18(17)20-16-10-8-15(19)9-11-16/h4-11,13-14,20H,12,19H2,1-3H3. The zero-order valence-electron chi connectivity index (χ0n) is 12.6. The van der Waals surface area contributed by atoms with Crippen LogP contribution in [-0.4, -0.2) is 0 Å². The van der Waals surface area contributed by atoms with Gasteiger partial charge in [-0.15, -0.1) is 0 Å². The molecule has 2 nitrogen and oxygen atoms in total. The second kappa shape index (κ2) is 6.47. The van der Waals surface area contributed by atoms with Crippen LogP contribution in [0.3, 0.4) is 0 Å². The van der Waals surface area contributed by atoms with Gasteiger partial charge in [0.25, 0.3) is 0 Å². The van der Waals surface area contributed by atoms with Gasteiger partial charge in [0.2, 0.25) is 0 Å². The van der Waals surface area contributed by atoms with Gasteiger partial charge in [0, 0.05) is 17.1 Å². The fourth-order valence-corrected chi connectivity index (χ4v) is 2.60. The van der Waals surface area contributed by atoms with Gasteiger partial charge in [-0.3, -0.25) is 0 Å². The highest BCUT2D eigenvalue weighted by molar-refractivity contribution is 5.65. The molecule has 2 heteroatoms. The van der Waals surface area contributed by atoms with Crippen LogP contribution >= 0.6 is 0 Å². The van der Waals surface area contributed by atoms with E-state index in [9.17, 15) is 0 Å². The van der Waals surface area contributed by atoms with Crippen LogP contribution in [0.25, 0.3) is 0 Å². The summed E-state index contributed by atoms with van der Waals surface area (Å²) < 4.78 is 0. The van der Waals surface area contributed by atoms with Gasteiger partial charge in [-0.05, 0) is 54.2 Å². The molecule has 0 aliphatic carbocycles. The predicted molar refractivity (Wildman–Crippen MR) is 88.4 cm³/mol. The van der Waals surface area contributed by atoms with Gasteiger partial charge in [0.15, 0.2) is 0 Å². The Bertz CT molecular complexity index is 544. The van der Waals surface area contributed by atoms with E-state index >= 15 is 0 Å². The average Bonchev–Trinajstić information content (AvgIpc) is 2.41. The monoisotopic (exact) mass is 268 g/mol. The van der Waals surface area contributed by atoms with Gasteiger partial charge in [-0.2, -0.15) is 0 Å². The summed E-state index contributed by atoms with van der Waals surface area (Å²) in [6.07, 6.45) is 1.19. The van der Waals surface area contributed by atoms with Crippen molar-refractivity contribution in [3.63, 3.8) is 0 Å². The highest BCUT2D eigenvalue weighted by atomic mass is 14.9. The second-order valence-corrected chi connectivity index (χ2v) is 5.86. The van der Waals surface area contributed by atoms with Crippen LogP contribution in [0.4, 0.5) is 17.1 Å². The first-order valence-corrected chi connectivity index (χ1v) is 7.27. The van der Waals surface area contributed by atoms with E-state index in [1.807, 2.05) is 24.3 Å². The third kappa shape index (κ3) is 3.77. The summed E-state index contributed by atoms with van der Waals surface area (Å²) in [5.74, 6) is 1.25.